The normalized spacial score (nSPS) is 21.2. The summed E-state index contributed by atoms with van der Waals surface area (Å²) in [5.41, 5.74) is -0.115. The topological polar surface area (TPSA) is 102 Å². The monoisotopic (exact) mass is 386 g/mol. The van der Waals surface area contributed by atoms with Crippen LogP contribution in [0.2, 0.25) is 0 Å². The Kier molecular flexibility index (Phi) is 4.49. The highest BCUT2D eigenvalue weighted by Crippen LogP contribution is 2.40. The van der Waals surface area contributed by atoms with Crippen LogP contribution in [0.25, 0.3) is 11.3 Å². The van der Waals surface area contributed by atoms with Gasteiger partial charge in [0.15, 0.2) is 29.3 Å². The molecule has 2 aliphatic heterocycles. The zero-order valence-electron chi connectivity index (χ0n) is 15.8. The van der Waals surface area contributed by atoms with E-state index in [9.17, 15) is 14.7 Å². The maximum Gasteiger partial charge on any atom is 0.311 e. The molecule has 8 nitrogen and oxygen atoms in total. The number of carboxylic acids is 1. The lowest BCUT2D eigenvalue weighted by atomic mass is 9.76. The summed E-state index contributed by atoms with van der Waals surface area (Å²) in [5.74, 6) is 0.277. The van der Waals surface area contributed by atoms with Gasteiger partial charge in [0.25, 0.3) is 5.91 Å². The summed E-state index contributed by atoms with van der Waals surface area (Å²) in [4.78, 5) is 30.6. The van der Waals surface area contributed by atoms with Crippen molar-refractivity contribution in [2.75, 3.05) is 26.3 Å². The fraction of sp³-hybridized carbons (Fsp3) is 0.450. The molecule has 4 rings (SSSR count). The first kappa shape index (κ1) is 18.3. The molecule has 1 saturated heterocycles. The summed E-state index contributed by atoms with van der Waals surface area (Å²) >= 11 is 0. The fourth-order valence-electron chi connectivity index (χ4n) is 3.84. The number of hydrogen-bond acceptors (Lipinski definition) is 6. The number of benzene rings is 1. The Labute approximate surface area is 162 Å². The maximum absolute atomic E-state index is 13.1. The van der Waals surface area contributed by atoms with Crippen LogP contribution < -0.4 is 9.47 Å². The molecule has 3 heterocycles. The van der Waals surface area contributed by atoms with Crippen LogP contribution in [0, 0.1) is 11.3 Å². The average molecular weight is 386 g/mol. The molecule has 1 N–H and O–H groups in total. The number of carbonyl (C=O) groups is 2. The third-order valence-electron chi connectivity index (χ3n) is 5.69. The van der Waals surface area contributed by atoms with E-state index >= 15 is 0 Å². The summed E-state index contributed by atoms with van der Waals surface area (Å²) in [6.07, 6.45) is 1.64. The molecule has 1 fully saturated rings. The van der Waals surface area contributed by atoms with Crippen LogP contribution >= 0.6 is 0 Å². The molecule has 0 spiro atoms. The molecule has 148 valence electrons. The number of carboxylic acid groups (broad SMARTS) is 1. The van der Waals surface area contributed by atoms with Gasteiger partial charge in [-0.3, -0.25) is 9.59 Å². The minimum absolute atomic E-state index is 0.0858. The van der Waals surface area contributed by atoms with Gasteiger partial charge in [0, 0.05) is 18.7 Å². The maximum atomic E-state index is 13.1. The summed E-state index contributed by atoms with van der Waals surface area (Å²) in [6, 6.07) is 5.31. The number of rotatable bonds is 4. The van der Waals surface area contributed by atoms with Crippen LogP contribution in [0.4, 0.5) is 0 Å². The first-order chi connectivity index (χ1) is 13.4. The smallest absolute Gasteiger partial charge is 0.311 e. The largest absolute Gasteiger partial charge is 0.486 e. The molecule has 28 heavy (non-hydrogen) atoms. The summed E-state index contributed by atoms with van der Waals surface area (Å²) in [6.45, 7) is 5.23. The van der Waals surface area contributed by atoms with Crippen LogP contribution in [0.15, 0.2) is 29.0 Å². The zero-order chi connectivity index (χ0) is 19.9. The standard InChI is InChI=1S/C20H22N2O6/c1-12(2)20(19(24)25)5-6-22(10-20)18(23)16-17(28-11-21-16)13-3-4-14-15(9-13)27-8-7-26-14/h3-4,9,11-12H,5-8,10H2,1-2H3,(H,24,25). The Hall–Kier alpha value is -3.03. The van der Waals surface area contributed by atoms with Gasteiger partial charge in [-0.15, -0.1) is 0 Å². The van der Waals surface area contributed by atoms with Gasteiger partial charge >= 0.3 is 5.97 Å². The SMILES string of the molecule is CC(C)C1(C(=O)O)CCN(C(=O)c2ncoc2-c2ccc3c(c2)OCCO3)C1. The number of likely N-dealkylation sites (tertiary alicyclic amines) is 1. The number of fused-ring (bicyclic) bond motifs is 1. The lowest BCUT2D eigenvalue weighted by Gasteiger charge is -2.28. The van der Waals surface area contributed by atoms with Gasteiger partial charge < -0.3 is 23.9 Å². The molecule has 1 aromatic heterocycles. The van der Waals surface area contributed by atoms with Crippen LogP contribution in [0.1, 0.15) is 30.8 Å². The van der Waals surface area contributed by atoms with E-state index in [1.54, 1.807) is 23.1 Å². The molecule has 1 amide bonds. The van der Waals surface area contributed by atoms with Crippen LogP contribution in [0.3, 0.4) is 0 Å². The van der Waals surface area contributed by atoms with Crippen LogP contribution in [0.5, 0.6) is 11.5 Å². The number of amides is 1. The van der Waals surface area contributed by atoms with Gasteiger partial charge in [-0.2, -0.15) is 0 Å². The van der Waals surface area contributed by atoms with Gasteiger partial charge in [0.2, 0.25) is 0 Å². The molecule has 8 heteroatoms. The van der Waals surface area contributed by atoms with E-state index in [4.69, 9.17) is 13.9 Å². The third-order valence-corrected chi connectivity index (χ3v) is 5.69. The highest BCUT2D eigenvalue weighted by atomic mass is 16.6. The van der Waals surface area contributed by atoms with Crippen molar-refractivity contribution in [1.29, 1.82) is 0 Å². The van der Waals surface area contributed by atoms with Crippen LogP contribution in [-0.4, -0.2) is 53.2 Å². The van der Waals surface area contributed by atoms with Gasteiger partial charge in [-0.05, 0) is 30.5 Å². The number of aromatic nitrogens is 1. The van der Waals surface area contributed by atoms with Crippen molar-refractivity contribution in [1.82, 2.24) is 9.88 Å². The molecule has 1 unspecified atom stereocenters. The Morgan fingerprint density at radius 2 is 1.96 bits per heavy atom. The van der Waals surface area contributed by atoms with Crippen molar-refractivity contribution in [2.45, 2.75) is 20.3 Å². The predicted molar refractivity (Wildman–Crippen MR) is 98.4 cm³/mol. The van der Waals surface area contributed by atoms with Crippen LogP contribution in [-0.2, 0) is 4.79 Å². The number of oxazole rings is 1. The summed E-state index contributed by atoms with van der Waals surface area (Å²) in [5, 5.41) is 9.71. The average Bonchev–Trinajstić information content (AvgIpc) is 3.35. The zero-order valence-corrected chi connectivity index (χ0v) is 15.8. The Morgan fingerprint density at radius 3 is 2.64 bits per heavy atom. The van der Waals surface area contributed by atoms with Crippen molar-refractivity contribution in [3.05, 3.63) is 30.3 Å². The van der Waals surface area contributed by atoms with Gasteiger partial charge in [-0.25, -0.2) is 4.98 Å². The first-order valence-electron chi connectivity index (χ1n) is 9.28. The molecule has 0 bridgehead atoms. The number of carbonyl (C=O) groups excluding carboxylic acids is 1. The number of hydrogen-bond donors (Lipinski definition) is 1. The van der Waals surface area contributed by atoms with E-state index in [-0.39, 0.29) is 24.1 Å². The molecule has 0 saturated carbocycles. The van der Waals surface area contributed by atoms with Crippen molar-refractivity contribution in [2.24, 2.45) is 11.3 Å². The summed E-state index contributed by atoms with van der Waals surface area (Å²) < 4.78 is 16.6. The minimum Gasteiger partial charge on any atom is -0.486 e. The third kappa shape index (κ3) is 2.89. The second kappa shape index (κ2) is 6.85. The summed E-state index contributed by atoms with van der Waals surface area (Å²) in [7, 11) is 0. The molecule has 1 atom stereocenters. The van der Waals surface area contributed by atoms with E-state index in [0.29, 0.717) is 49.0 Å². The molecule has 0 radical (unpaired) electrons. The quantitative estimate of drug-likeness (QED) is 0.862. The van der Waals surface area contributed by atoms with E-state index in [2.05, 4.69) is 4.98 Å². The lowest BCUT2D eigenvalue weighted by Crippen LogP contribution is -2.40. The minimum atomic E-state index is -0.934. The second-order valence-corrected chi connectivity index (χ2v) is 7.48. The number of aliphatic carboxylic acids is 1. The molecular weight excluding hydrogens is 364 g/mol. The van der Waals surface area contributed by atoms with Gasteiger partial charge in [0.05, 0.1) is 5.41 Å². The molecule has 1 aromatic carbocycles. The van der Waals surface area contributed by atoms with E-state index in [1.807, 2.05) is 13.8 Å². The van der Waals surface area contributed by atoms with Crippen molar-refractivity contribution >= 4 is 11.9 Å². The first-order valence-corrected chi connectivity index (χ1v) is 9.28. The molecule has 2 aromatic rings. The predicted octanol–water partition coefficient (Wildman–Crippen LogP) is 2.69. The van der Waals surface area contributed by atoms with Crippen molar-refractivity contribution < 1.29 is 28.6 Å². The molecule has 0 aliphatic carbocycles. The Morgan fingerprint density at radius 1 is 1.21 bits per heavy atom. The number of nitrogens with zero attached hydrogens (tertiary/aromatic N) is 2. The number of ether oxygens (including phenoxy) is 2. The van der Waals surface area contributed by atoms with E-state index < -0.39 is 11.4 Å². The fourth-order valence-corrected chi connectivity index (χ4v) is 3.84. The lowest BCUT2D eigenvalue weighted by molar-refractivity contribution is -0.150. The van der Waals surface area contributed by atoms with Crippen molar-refractivity contribution in [3.63, 3.8) is 0 Å². The van der Waals surface area contributed by atoms with Crippen molar-refractivity contribution in [3.8, 4) is 22.8 Å². The molecular formula is C20H22N2O6. The highest BCUT2D eigenvalue weighted by molar-refractivity contribution is 5.98. The highest BCUT2D eigenvalue weighted by Gasteiger charge is 2.49. The van der Waals surface area contributed by atoms with E-state index in [1.165, 1.54) is 6.39 Å². The Balaban J connectivity index is 1.61. The van der Waals surface area contributed by atoms with E-state index in [0.717, 1.165) is 0 Å². The van der Waals surface area contributed by atoms with Gasteiger partial charge in [0.1, 0.15) is 13.2 Å². The second-order valence-electron chi connectivity index (χ2n) is 7.48. The Bertz CT molecular complexity index is 921. The molecule has 2 aliphatic rings. The van der Waals surface area contributed by atoms with Gasteiger partial charge in [-0.1, -0.05) is 13.8 Å².